The van der Waals surface area contributed by atoms with Crippen molar-refractivity contribution in [2.75, 3.05) is 12.4 Å². The van der Waals surface area contributed by atoms with E-state index in [1.54, 1.807) is 36.6 Å². The number of fused-ring (bicyclic) bond motifs is 1. The number of pyridine rings is 1. The molecule has 0 aliphatic rings. The number of H-pyrrole nitrogens is 1. The van der Waals surface area contributed by atoms with Crippen LogP contribution in [0.2, 0.25) is 0 Å². The number of aromatic nitrogens is 7. The lowest BCUT2D eigenvalue weighted by Crippen LogP contribution is -2.01. The number of benzene rings is 1. The lowest BCUT2D eigenvalue weighted by Gasteiger charge is -2.14. The van der Waals surface area contributed by atoms with Crippen LogP contribution in [-0.2, 0) is 7.05 Å². The number of hydrogen-bond donors (Lipinski definition) is 2. The fraction of sp³-hybridized carbons (Fsp3) is 0.136. The number of aromatic amines is 1. The van der Waals surface area contributed by atoms with Crippen LogP contribution >= 0.6 is 0 Å². The fourth-order valence-electron chi connectivity index (χ4n) is 3.55. The van der Waals surface area contributed by atoms with E-state index in [0.29, 0.717) is 11.7 Å². The van der Waals surface area contributed by atoms with E-state index in [2.05, 4.69) is 37.5 Å². The molecule has 154 valence electrons. The van der Waals surface area contributed by atoms with Gasteiger partial charge in [-0.25, -0.2) is 9.97 Å². The summed E-state index contributed by atoms with van der Waals surface area (Å²) in [4.78, 5) is 13.7. The standard InChI is InChI=1S/C22H20N8O/c1-13-6-18(19(31-3)7-17(13)16-11-27-30(2)12-16)28-22-24-8-14-4-5-23-20(21(14)29-22)15-9-25-26-10-15/h4-12H,1-3H3,(H,25,26)(H,24,28,29). The Hall–Kier alpha value is -4.27. The molecule has 4 heterocycles. The van der Waals surface area contributed by atoms with Crippen LogP contribution in [0, 0.1) is 6.92 Å². The van der Waals surface area contributed by atoms with Crippen molar-refractivity contribution in [3.63, 3.8) is 0 Å². The molecule has 0 spiro atoms. The van der Waals surface area contributed by atoms with E-state index in [0.717, 1.165) is 44.5 Å². The van der Waals surface area contributed by atoms with E-state index < -0.39 is 0 Å². The van der Waals surface area contributed by atoms with Crippen molar-refractivity contribution in [3.05, 3.63) is 60.9 Å². The molecule has 1 aromatic carbocycles. The van der Waals surface area contributed by atoms with Crippen LogP contribution in [0.3, 0.4) is 0 Å². The highest BCUT2D eigenvalue weighted by Gasteiger charge is 2.14. The van der Waals surface area contributed by atoms with Crippen LogP contribution in [0.4, 0.5) is 11.6 Å². The number of ether oxygens (including phenoxy) is 1. The second-order valence-corrected chi connectivity index (χ2v) is 7.17. The van der Waals surface area contributed by atoms with E-state index in [1.807, 2.05) is 37.6 Å². The van der Waals surface area contributed by atoms with Gasteiger partial charge in [0.2, 0.25) is 5.95 Å². The first kappa shape index (κ1) is 18.7. The normalized spacial score (nSPS) is 11.1. The average molecular weight is 412 g/mol. The Bertz CT molecular complexity index is 1370. The Morgan fingerprint density at radius 3 is 2.74 bits per heavy atom. The number of rotatable bonds is 5. The molecule has 9 nitrogen and oxygen atoms in total. The van der Waals surface area contributed by atoms with Crippen LogP contribution in [0.1, 0.15) is 5.56 Å². The van der Waals surface area contributed by atoms with Crippen molar-refractivity contribution in [1.82, 2.24) is 34.9 Å². The second-order valence-electron chi connectivity index (χ2n) is 7.17. The molecule has 0 atom stereocenters. The third-order valence-electron chi connectivity index (χ3n) is 5.08. The molecule has 0 amide bonds. The topological polar surface area (TPSA) is 106 Å². The quantitative estimate of drug-likeness (QED) is 0.451. The van der Waals surface area contributed by atoms with Crippen molar-refractivity contribution in [2.45, 2.75) is 6.92 Å². The molecule has 5 rings (SSSR count). The molecule has 0 unspecified atom stereocenters. The summed E-state index contributed by atoms with van der Waals surface area (Å²) in [6, 6.07) is 5.90. The van der Waals surface area contributed by atoms with E-state index in [-0.39, 0.29) is 0 Å². The molecule has 0 aliphatic heterocycles. The summed E-state index contributed by atoms with van der Waals surface area (Å²) in [5, 5.41) is 15.3. The largest absolute Gasteiger partial charge is 0.495 e. The highest BCUT2D eigenvalue weighted by molar-refractivity contribution is 5.91. The number of nitrogens with zero attached hydrogens (tertiary/aromatic N) is 6. The third kappa shape index (κ3) is 3.46. The Kier molecular flexibility index (Phi) is 4.55. The minimum absolute atomic E-state index is 0.456. The van der Waals surface area contributed by atoms with Gasteiger partial charge in [-0.15, -0.1) is 0 Å². The van der Waals surface area contributed by atoms with Gasteiger partial charge in [-0.2, -0.15) is 10.2 Å². The van der Waals surface area contributed by atoms with E-state index in [9.17, 15) is 0 Å². The molecule has 5 aromatic rings. The average Bonchev–Trinajstić information content (AvgIpc) is 3.45. The van der Waals surface area contributed by atoms with Gasteiger partial charge in [0.05, 0.1) is 30.9 Å². The molecular formula is C22H20N8O. The van der Waals surface area contributed by atoms with Gasteiger partial charge in [0.1, 0.15) is 11.3 Å². The second kappa shape index (κ2) is 7.52. The zero-order valence-corrected chi connectivity index (χ0v) is 17.3. The number of aryl methyl sites for hydroxylation is 2. The first-order valence-corrected chi connectivity index (χ1v) is 9.68. The van der Waals surface area contributed by atoms with Crippen LogP contribution in [0.15, 0.2) is 55.4 Å². The molecule has 0 saturated heterocycles. The minimum atomic E-state index is 0.456. The number of hydrogen-bond acceptors (Lipinski definition) is 7. The predicted molar refractivity (Wildman–Crippen MR) is 118 cm³/mol. The van der Waals surface area contributed by atoms with Crippen LogP contribution in [-0.4, -0.2) is 42.0 Å². The Labute approximate surface area is 178 Å². The summed E-state index contributed by atoms with van der Waals surface area (Å²) in [5.41, 5.74) is 6.29. The van der Waals surface area contributed by atoms with Crippen molar-refractivity contribution >= 4 is 22.5 Å². The molecule has 0 saturated carbocycles. The van der Waals surface area contributed by atoms with Gasteiger partial charge in [0.15, 0.2) is 0 Å². The lowest BCUT2D eigenvalue weighted by atomic mass is 10.0. The highest BCUT2D eigenvalue weighted by atomic mass is 16.5. The Morgan fingerprint density at radius 1 is 1.10 bits per heavy atom. The molecule has 0 bridgehead atoms. The van der Waals surface area contributed by atoms with Gasteiger partial charge in [0.25, 0.3) is 0 Å². The van der Waals surface area contributed by atoms with Gasteiger partial charge in [-0.1, -0.05) is 0 Å². The first-order valence-electron chi connectivity index (χ1n) is 9.68. The fourth-order valence-corrected chi connectivity index (χ4v) is 3.55. The van der Waals surface area contributed by atoms with Gasteiger partial charge >= 0.3 is 0 Å². The number of methoxy groups -OCH3 is 1. The molecular weight excluding hydrogens is 392 g/mol. The predicted octanol–water partition coefficient (Wildman–Crippen LogP) is 3.88. The third-order valence-corrected chi connectivity index (χ3v) is 5.08. The van der Waals surface area contributed by atoms with Gasteiger partial charge in [0, 0.05) is 48.3 Å². The maximum atomic E-state index is 5.64. The summed E-state index contributed by atoms with van der Waals surface area (Å²) < 4.78 is 7.42. The summed E-state index contributed by atoms with van der Waals surface area (Å²) >= 11 is 0. The summed E-state index contributed by atoms with van der Waals surface area (Å²) in [6.07, 6.45) is 10.8. The maximum Gasteiger partial charge on any atom is 0.227 e. The van der Waals surface area contributed by atoms with E-state index in [1.165, 1.54) is 0 Å². The highest BCUT2D eigenvalue weighted by Crippen LogP contribution is 2.35. The van der Waals surface area contributed by atoms with Gasteiger partial charge < -0.3 is 10.1 Å². The van der Waals surface area contributed by atoms with Crippen molar-refractivity contribution in [3.8, 4) is 28.1 Å². The summed E-state index contributed by atoms with van der Waals surface area (Å²) in [7, 11) is 3.54. The Balaban J connectivity index is 1.55. The molecule has 0 radical (unpaired) electrons. The summed E-state index contributed by atoms with van der Waals surface area (Å²) in [6.45, 7) is 2.05. The molecule has 31 heavy (non-hydrogen) atoms. The van der Waals surface area contributed by atoms with E-state index in [4.69, 9.17) is 9.72 Å². The van der Waals surface area contributed by atoms with Crippen LogP contribution < -0.4 is 10.1 Å². The van der Waals surface area contributed by atoms with E-state index >= 15 is 0 Å². The monoisotopic (exact) mass is 412 g/mol. The molecule has 9 heteroatoms. The van der Waals surface area contributed by atoms with Crippen LogP contribution in [0.25, 0.3) is 33.3 Å². The minimum Gasteiger partial charge on any atom is -0.495 e. The smallest absolute Gasteiger partial charge is 0.227 e. The zero-order valence-electron chi connectivity index (χ0n) is 17.3. The molecule has 0 fully saturated rings. The van der Waals surface area contributed by atoms with Crippen molar-refractivity contribution in [2.24, 2.45) is 7.05 Å². The molecule has 2 N–H and O–H groups in total. The lowest BCUT2D eigenvalue weighted by molar-refractivity contribution is 0.417. The van der Waals surface area contributed by atoms with Crippen molar-refractivity contribution in [1.29, 1.82) is 0 Å². The SMILES string of the molecule is COc1cc(-c2cnn(C)c2)c(C)cc1Nc1ncc2ccnc(-c3cn[nH]c3)c2n1. The van der Waals surface area contributed by atoms with Crippen LogP contribution in [0.5, 0.6) is 5.75 Å². The molecule has 0 aliphatic carbocycles. The maximum absolute atomic E-state index is 5.64. The summed E-state index contributed by atoms with van der Waals surface area (Å²) in [5.74, 6) is 1.14. The number of nitrogens with one attached hydrogen (secondary N) is 2. The zero-order chi connectivity index (χ0) is 21.4. The van der Waals surface area contributed by atoms with Gasteiger partial charge in [-0.05, 0) is 36.2 Å². The van der Waals surface area contributed by atoms with Crippen molar-refractivity contribution < 1.29 is 4.74 Å². The van der Waals surface area contributed by atoms with Gasteiger partial charge in [-0.3, -0.25) is 14.8 Å². The molecule has 4 aromatic heterocycles. The Morgan fingerprint density at radius 2 is 2.00 bits per heavy atom. The number of anilines is 2. The first-order chi connectivity index (χ1) is 15.1.